The minimum absolute atomic E-state index is 0.0505. The molecule has 116 valence electrons. The lowest BCUT2D eigenvalue weighted by atomic mass is 10.1. The average molecular weight is 294 g/mol. The van der Waals surface area contributed by atoms with Crippen LogP contribution in [0.5, 0.6) is 0 Å². The fraction of sp³-hybridized carbons (Fsp3) is 0.600. The molecule has 0 spiro atoms. The molecule has 6 nitrogen and oxygen atoms in total. The molecule has 2 heterocycles. The number of ether oxygens (including phenoxy) is 2. The second-order valence-corrected chi connectivity index (χ2v) is 5.35. The van der Waals surface area contributed by atoms with Gasteiger partial charge in [-0.15, -0.1) is 0 Å². The molecule has 1 amide bonds. The van der Waals surface area contributed by atoms with E-state index in [1.54, 1.807) is 6.92 Å². The van der Waals surface area contributed by atoms with E-state index in [2.05, 4.69) is 10.3 Å². The number of hydrogen-bond donors (Lipinski definition) is 1. The maximum atomic E-state index is 12.2. The van der Waals surface area contributed by atoms with Gasteiger partial charge in [-0.2, -0.15) is 0 Å². The highest BCUT2D eigenvalue weighted by Crippen LogP contribution is 2.14. The lowest BCUT2D eigenvalue weighted by molar-refractivity contribution is -0.0458. The second kappa shape index (κ2) is 7.38. The van der Waals surface area contributed by atoms with Gasteiger partial charge in [-0.05, 0) is 27.2 Å². The van der Waals surface area contributed by atoms with Crippen molar-refractivity contribution < 1.29 is 18.7 Å². The summed E-state index contributed by atoms with van der Waals surface area (Å²) in [4.78, 5) is 16.1. The molecule has 0 aromatic carbocycles. The van der Waals surface area contributed by atoms with Crippen molar-refractivity contribution in [3.8, 4) is 0 Å². The van der Waals surface area contributed by atoms with E-state index in [0.717, 1.165) is 6.42 Å². The van der Waals surface area contributed by atoms with Crippen molar-refractivity contribution in [1.29, 1.82) is 0 Å². The summed E-state index contributed by atoms with van der Waals surface area (Å²) in [6, 6.07) is -0.173. The third-order valence-corrected chi connectivity index (χ3v) is 3.37. The Balaban J connectivity index is 1.94. The van der Waals surface area contributed by atoms with Crippen molar-refractivity contribution in [1.82, 2.24) is 10.3 Å². The van der Waals surface area contributed by atoms with Crippen LogP contribution in [-0.4, -0.2) is 42.9 Å². The quantitative estimate of drug-likeness (QED) is 0.839. The van der Waals surface area contributed by atoms with Crippen LogP contribution >= 0.6 is 0 Å². The minimum Gasteiger partial charge on any atom is -0.448 e. The standard InChI is InChI=1S/C15H22N2O4/c1-10(2)4-7-20-13-5-6-19-8-12(13)17-15(18)14-11(3)21-9-16-14/h4,9,12-13H,5-8H2,1-3H3,(H,17,18)/t12-,13+/m1/s1. The molecule has 2 rings (SSSR count). The molecule has 6 heteroatoms. The molecule has 1 N–H and O–H groups in total. The Labute approximate surface area is 124 Å². The molecule has 1 aliphatic rings. The highest BCUT2D eigenvalue weighted by molar-refractivity contribution is 5.93. The molecule has 2 atom stereocenters. The number of oxazole rings is 1. The van der Waals surface area contributed by atoms with E-state index in [9.17, 15) is 4.79 Å². The number of aryl methyl sites for hydroxylation is 1. The van der Waals surface area contributed by atoms with E-state index in [-0.39, 0.29) is 18.1 Å². The van der Waals surface area contributed by atoms with Gasteiger partial charge in [-0.3, -0.25) is 4.79 Å². The molecule has 1 fully saturated rings. The summed E-state index contributed by atoms with van der Waals surface area (Å²) in [6.07, 6.45) is 4.00. The van der Waals surface area contributed by atoms with E-state index < -0.39 is 0 Å². The number of aromatic nitrogens is 1. The molecule has 0 unspecified atom stereocenters. The van der Waals surface area contributed by atoms with Gasteiger partial charge >= 0.3 is 0 Å². The van der Waals surface area contributed by atoms with Gasteiger partial charge in [0.25, 0.3) is 5.91 Å². The van der Waals surface area contributed by atoms with Gasteiger partial charge in [0.05, 0.1) is 25.4 Å². The second-order valence-electron chi connectivity index (χ2n) is 5.35. The van der Waals surface area contributed by atoms with Crippen molar-refractivity contribution in [2.75, 3.05) is 19.8 Å². The van der Waals surface area contributed by atoms with Gasteiger partial charge in [0, 0.05) is 6.61 Å². The number of nitrogens with zero attached hydrogens (tertiary/aromatic N) is 1. The van der Waals surface area contributed by atoms with Gasteiger partial charge in [0.1, 0.15) is 5.76 Å². The van der Waals surface area contributed by atoms with Crippen LogP contribution in [0.3, 0.4) is 0 Å². The normalized spacial score (nSPS) is 21.9. The summed E-state index contributed by atoms with van der Waals surface area (Å²) in [5, 5.41) is 2.92. The molecule has 1 saturated heterocycles. The van der Waals surface area contributed by atoms with E-state index in [0.29, 0.717) is 31.3 Å². The number of nitrogens with one attached hydrogen (secondary N) is 1. The van der Waals surface area contributed by atoms with Crippen molar-refractivity contribution >= 4 is 5.91 Å². The number of allylic oxidation sites excluding steroid dienone is 1. The van der Waals surface area contributed by atoms with Crippen molar-refractivity contribution in [2.45, 2.75) is 39.3 Å². The molecule has 1 aromatic heterocycles. The fourth-order valence-corrected chi connectivity index (χ4v) is 2.15. The van der Waals surface area contributed by atoms with Gasteiger partial charge in [-0.25, -0.2) is 4.98 Å². The zero-order chi connectivity index (χ0) is 15.2. The third-order valence-electron chi connectivity index (χ3n) is 3.37. The maximum absolute atomic E-state index is 12.2. The average Bonchev–Trinajstić information content (AvgIpc) is 2.86. The summed E-state index contributed by atoms with van der Waals surface area (Å²) in [5.41, 5.74) is 1.52. The van der Waals surface area contributed by atoms with Crippen LogP contribution in [0.1, 0.15) is 36.5 Å². The zero-order valence-corrected chi connectivity index (χ0v) is 12.7. The van der Waals surface area contributed by atoms with Crippen LogP contribution in [-0.2, 0) is 9.47 Å². The Kier molecular flexibility index (Phi) is 5.52. The largest absolute Gasteiger partial charge is 0.448 e. The first kappa shape index (κ1) is 15.7. The molecule has 21 heavy (non-hydrogen) atoms. The first-order valence-corrected chi connectivity index (χ1v) is 7.11. The minimum atomic E-state index is -0.257. The van der Waals surface area contributed by atoms with Crippen LogP contribution in [0.25, 0.3) is 0 Å². The highest BCUT2D eigenvalue weighted by Gasteiger charge is 2.29. The highest BCUT2D eigenvalue weighted by atomic mass is 16.5. The first-order valence-electron chi connectivity index (χ1n) is 7.11. The summed E-state index contributed by atoms with van der Waals surface area (Å²) in [7, 11) is 0. The Morgan fingerprint density at radius 1 is 1.57 bits per heavy atom. The van der Waals surface area contributed by atoms with Crippen LogP contribution in [0, 0.1) is 6.92 Å². The van der Waals surface area contributed by atoms with Crippen LogP contribution in [0.2, 0.25) is 0 Å². The van der Waals surface area contributed by atoms with E-state index in [1.165, 1.54) is 12.0 Å². The lowest BCUT2D eigenvalue weighted by Gasteiger charge is -2.31. The monoisotopic (exact) mass is 294 g/mol. The number of carbonyl (C=O) groups excluding carboxylic acids is 1. The van der Waals surface area contributed by atoms with Gasteiger partial charge in [-0.1, -0.05) is 11.6 Å². The summed E-state index contributed by atoms with van der Waals surface area (Å²) >= 11 is 0. The lowest BCUT2D eigenvalue weighted by Crippen LogP contribution is -2.50. The summed E-state index contributed by atoms with van der Waals surface area (Å²) in [6.45, 7) is 7.40. The number of hydrogen-bond acceptors (Lipinski definition) is 5. The molecule has 1 aromatic rings. The summed E-state index contributed by atoms with van der Waals surface area (Å²) in [5.74, 6) is 0.249. The number of amides is 1. The van der Waals surface area contributed by atoms with Gasteiger partial charge < -0.3 is 19.2 Å². The van der Waals surface area contributed by atoms with Gasteiger partial charge in [0.15, 0.2) is 12.1 Å². The molecule has 1 aliphatic heterocycles. The van der Waals surface area contributed by atoms with Crippen molar-refractivity contribution in [3.63, 3.8) is 0 Å². The van der Waals surface area contributed by atoms with Crippen LogP contribution < -0.4 is 5.32 Å². The maximum Gasteiger partial charge on any atom is 0.273 e. The SMILES string of the molecule is CC(C)=CCO[C@H]1CCOC[C@H]1NC(=O)c1ncoc1C. The molecule has 0 bridgehead atoms. The molecular weight excluding hydrogens is 272 g/mol. The topological polar surface area (TPSA) is 73.6 Å². The fourth-order valence-electron chi connectivity index (χ4n) is 2.15. The van der Waals surface area contributed by atoms with Crippen molar-refractivity contribution in [3.05, 3.63) is 29.5 Å². The number of rotatable bonds is 5. The van der Waals surface area contributed by atoms with E-state index in [1.807, 2.05) is 19.9 Å². The first-order chi connectivity index (χ1) is 10.1. The zero-order valence-electron chi connectivity index (χ0n) is 12.7. The van der Waals surface area contributed by atoms with Crippen molar-refractivity contribution in [2.24, 2.45) is 0 Å². The van der Waals surface area contributed by atoms with Crippen LogP contribution in [0.4, 0.5) is 0 Å². The van der Waals surface area contributed by atoms with Crippen LogP contribution in [0.15, 0.2) is 22.5 Å². The Morgan fingerprint density at radius 3 is 3.05 bits per heavy atom. The van der Waals surface area contributed by atoms with Gasteiger partial charge in [0.2, 0.25) is 0 Å². The Hall–Kier alpha value is -1.66. The molecule has 0 aliphatic carbocycles. The molecule has 0 saturated carbocycles. The van der Waals surface area contributed by atoms with E-state index >= 15 is 0 Å². The van der Waals surface area contributed by atoms with E-state index in [4.69, 9.17) is 13.9 Å². The molecular formula is C15H22N2O4. The Morgan fingerprint density at radius 2 is 2.38 bits per heavy atom. The Bertz CT molecular complexity index is 506. The summed E-state index contributed by atoms with van der Waals surface area (Å²) < 4.78 is 16.3. The third kappa shape index (κ3) is 4.41. The molecule has 0 radical (unpaired) electrons. The predicted molar refractivity (Wildman–Crippen MR) is 77.1 cm³/mol. The number of carbonyl (C=O) groups is 1. The smallest absolute Gasteiger partial charge is 0.273 e. The predicted octanol–water partition coefficient (Wildman–Crippen LogP) is 1.85.